The lowest BCUT2D eigenvalue weighted by Crippen LogP contribution is -2.21. The summed E-state index contributed by atoms with van der Waals surface area (Å²) in [5.41, 5.74) is 9.50. The highest BCUT2D eigenvalue weighted by atomic mass is 16.5. The summed E-state index contributed by atoms with van der Waals surface area (Å²) < 4.78 is 5.87. The Kier molecular flexibility index (Phi) is 5.60. The molecule has 0 heterocycles. The van der Waals surface area contributed by atoms with E-state index < -0.39 is 0 Å². The monoisotopic (exact) mass is 400 g/mol. The highest BCUT2D eigenvalue weighted by molar-refractivity contribution is 5.50. The van der Waals surface area contributed by atoms with Crippen molar-refractivity contribution in [1.29, 1.82) is 0 Å². The molecule has 2 nitrogen and oxygen atoms in total. The minimum Gasteiger partial charge on any atom is -0.508 e. The molecule has 2 heteroatoms. The number of ether oxygens (including phenoxy) is 1. The van der Waals surface area contributed by atoms with Crippen LogP contribution in [-0.4, -0.2) is 11.2 Å². The number of benzene rings is 3. The fraction of sp³-hybridized carbons (Fsp3) is 0.357. The first-order valence-electron chi connectivity index (χ1n) is 11.0. The van der Waals surface area contributed by atoms with E-state index in [0.29, 0.717) is 11.7 Å². The average Bonchev–Trinajstić information content (AvgIpc) is 2.72. The van der Waals surface area contributed by atoms with Gasteiger partial charge < -0.3 is 9.84 Å². The molecule has 0 saturated carbocycles. The van der Waals surface area contributed by atoms with Crippen molar-refractivity contribution >= 4 is 0 Å². The smallest absolute Gasteiger partial charge is 0.119 e. The van der Waals surface area contributed by atoms with Crippen molar-refractivity contribution in [2.45, 2.75) is 65.4 Å². The number of fused-ring (bicyclic) bond motifs is 1. The number of phenols is 1. The fourth-order valence-electron chi connectivity index (χ4n) is 4.96. The standard InChI is InChI=1S/C28H32O2/c1-17(2)30-24-11-7-21(8-12-24)28-26-15-10-23(29)16-22(26)9-14-27(28)25-13-6-18(3)19(4)20(25)5/h6-8,10-13,15-17,27-29H,9,14H2,1-5H3. The predicted octanol–water partition coefficient (Wildman–Crippen LogP) is 6.97. The highest BCUT2D eigenvalue weighted by Crippen LogP contribution is 2.48. The third kappa shape index (κ3) is 3.84. The van der Waals surface area contributed by atoms with Crippen LogP contribution in [0.1, 0.15) is 71.0 Å². The summed E-state index contributed by atoms with van der Waals surface area (Å²) in [6.07, 6.45) is 2.24. The zero-order valence-corrected chi connectivity index (χ0v) is 18.7. The van der Waals surface area contributed by atoms with Crippen LogP contribution < -0.4 is 4.74 Å². The molecular formula is C28H32O2. The molecule has 0 bridgehead atoms. The number of phenolic OH excluding ortho intramolecular Hbond substituents is 1. The van der Waals surface area contributed by atoms with E-state index in [0.717, 1.165) is 18.6 Å². The minimum atomic E-state index is 0.167. The summed E-state index contributed by atoms with van der Waals surface area (Å²) in [6, 6.07) is 19.1. The van der Waals surface area contributed by atoms with E-state index >= 15 is 0 Å². The van der Waals surface area contributed by atoms with Crippen molar-refractivity contribution in [2.24, 2.45) is 0 Å². The van der Waals surface area contributed by atoms with Crippen LogP contribution in [0, 0.1) is 20.8 Å². The van der Waals surface area contributed by atoms with Crippen molar-refractivity contribution in [3.63, 3.8) is 0 Å². The molecule has 30 heavy (non-hydrogen) atoms. The van der Waals surface area contributed by atoms with Gasteiger partial charge in [-0.05, 0) is 117 Å². The summed E-state index contributed by atoms with van der Waals surface area (Å²) in [6.45, 7) is 10.8. The van der Waals surface area contributed by atoms with Gasteiger partial charge in [0.25, 0.3) is 0 Å². The van der Waals surface area contributed by atoms with Crippen LogP contribution in [0.5, 0.6) is 11.5 Å². The molecule has 3 aromatic carbocycles. The van der Waals surface area contributed by atoms with Crippen LogP contribution in [-0.2, 0) is 6.42 Å². The van der Waals surface area contributed by atoms with E-state index in [1.54, 1.807) is 0 Å². The van der Waals surface area contributed by atoms with Crippen molar-refractivity contribution in [3.05, 3.63) is 93.5 Å². The molecule has 3 aromatic rings. The van der Waals surface area contributed by atoms with Gasteiger partial charge in [0.15, 0.2) is 0 Å². The number of rotatable bonds is 4. The van der Waals surface area contributed by atoms with Gasteiger partial charge in [-0.25, -0.2) is 0 Å². The number of hydrogen-bond acceptors (Lipinski definition) is 2. The van der Waals surface area contributed by atoms with E-state index in [-0.39, 0.29) is 12.0 Å². The van der Waals surface area contributed by atoms with Crippen LogP contribution in [0.2, 0.25) is 0 Å². The number of hydrogen-bond donors (Lipinski definition) is 1. The zero-order valence-electron chi connectivity index (χ0n) is 18.7. The molecule has 1 N–H and O–H groups in total. The maximum Gasteiger partial charge on any atom is 0.119 e. The summed E-state index contributed by atoms with van der Waals surface area (Å²) in [4.78, 5) is 0. The first-order valence-corrected chi connectivity index (χ1v) is 11.0. The van der Waals surface area contributed by atoms with Gasteiger partial charge in [0.05, 0.1) is 6.10 Å². The molecular weight excluding hydrogens is 368 g/mol. The molecule has 1 aliphatic carbocycles. The molecule has 2 unspecified atom stereocenters. The quantitative estimate of drug-likeness (QED) is 0.512. The van der Waals surface area contributed by atoms with Crippen LogP contribution in [0.3, 0.4) is 0 Å². The molecule has 4 rings (SSSR count). The highest BCUT2D eigenvalue weighted by Gasteiger charge is 2.33. The molecule has 0 amide bonds. The van der Waals surface area contributed by atoms with Crippen molar-refractivity contribution in [1.82, 2.24) is 0 Å². The normalized spacial score (nSPS) is 18.3. The Morgan fingerprint density at radius 2 is 1.57 bits per heavy atom. The first kappa shape index (κ1) is 20.5. The van der Waals surface area contributed by atoms with Crippen LogP contribution >= 0.6 is 0 Å². The van der Waals surface area contributed by atoms with Gasteiger partial charge in [-0.3, -0.25) is 0 Å². The molecule has 1 aliphatic rings. The second-order valence-corrected chi connectivity index (χ2v) is 8.96. The lowest BCUT2D eigenvalue weighted by molar-refractivity contribution is 0.242. The topological polar surface area (TPSA) is 29.5 Å². The number of aryl methyl sites for hydroxylation is 2. The number of aromatic hydroxyl groups is 1. The van der Waals surface area contributed by atoms with Crippen LogP contribution in [0.25, 0.3) is 0 Å². The Bertz CT molecular complexity index is 1050. The third-order valence-corrected chi connectivity index (χ3v) is 6.70. The minimum absolute atomic E-state index is 0.167. The molecule has 0 spiro atoms. The Balaban J connectivity index is 1.82. The van der Waals surface area contributed by atoms with Gasteiger partial charge in [-0.1, -0.05) is 30.3 Å². The second kappa shape index (κ2) is 8.18. The predicted molar refractivity (Wildman–Crippen MR) is 124 cm³/mol. The van der Waals surface area contributed by atoms with Crippen LogP contribution in [0.15, 0.2) is 54.6 Å². The van der Waals surface area contributed by atoms with E-state index in [4.69, 9.17) is 4.74 Å². The van der Waals surface area contributed by atoms with Crippen molar-refractivity contribution in [3.8, 4) is 11.5 Å². The molecule has 156 valence electrons. The Labute approximate surface area is 180 Å². The summed E-state index contributed by atoms with van der Waals surface area (Å²) in [7, 11) is 0. The summed E-state index contributed by atoms with van der Waals surface area (Å²) in [5, 5.41) is 10.0. The summed E-state index contributed by atoms with van der Waals surface area (Å²) >= 11 is 0. The van der Waals surface area contributed by atoms with Gasteiger partial charge in [-0.15, -0.1) is 0 Å². The first-order chi connectivity index (χ1) is 14.3. The van der Waals surface area contributed by atoms with E-state index in [1.165, 1.54) is 38.9 Å². The Hall–Kier alpha value is -2.74. The van der Waals surface area contributed by atoms with E-state index in [1.807, 2.05) is 12.1 Å². The second-order valence-electron chi connectivity index (χ2n) is 8.96. The van der Waals surface area contributed by atoms with Gasteiger partial charge >= 0.3 is 0 Å². The van der Waals surface area contributed by atoms with Gasteiger partial charge in [-0.2, -0.15) is 0 Å². The average molecular weight is 401 g/mol. The Morgan fingerprint density at radius 3 is 2.27 bits per heavy atom. The van der Waals surface area contributed by atoms with Crippen molar-refractivity contribution in [2.75, 3.05) is 0 Å². The molecule has 0 fully saturated rings. The SMILES string of the molecule is Cc1ccc(C2CCc3cc(O)ccc3C2c2ccc(OC(C)C)cc2)c(C)c1C. The van der Waals surface area contributed by atoms with Gasteiger partial charge in [0, 0.05) is 5.92 Å². The maximum atomic E-state index is 10.0. The zero-order chi connectivity index (χ0) is 21.4. The van der Waals surface area contributed by atoms with Gasteiger partial charge in [0.1, 0.15) is 11.5 Å². The Morgan fingerprint density at radius 1 is 0.867 bits per heavy atom. The summed E-state index contributed by atoms with van der Waals surface area (Å²) in [5.74, 6) is 1.95. The largest absolute Gasteiger partial charge is 0.508 e. The van der Waals surface area contributed by atoms with Crippen molar-refractivity contribution < 1.29 is 9.84 Å². The third-order valence-electron chi connectivity index (χ3n) is 6.70. The van der Waals surface area contributed by atoms with Crippen LogP contribution in [0.4, 0.5) is 0 Å². The molecule has 0 saturated heterocycles. The fourth-order valence-corrected chi connectivity index (χ4v) is 4.96. The van der Waals surface area contributed by atoms with Gasteiger partial charge in [0.2, 0.25) is 0 Å². The molecule has 2 atom stereocenters. The maximum absolute atomic E-state index is 10.0. The molecule has 0 aromatic heterocycles. The lowest BCUT2D eigenvalue weighted by Gasteiger charge is -2.36. The van der Waals surface area contributed by atoms with E-state index in [9.17, 15) is 5.11 Å². The molecule has 0 aliphatic heterocycles. The molecule has 0 radical (unpaired) electrons. The van der Waals surface area contributed by atoms with E-state index in [2.05, 4.69) is 77.1 Å². The lowest BCUT2D eigenvalue weighted by atomic mass is 9.68.